The van der Waals surface area contributed by atoms with Gasteiger partial charge in [-0.15, -0.1) is 11.3 Å². The van der Waals surface area contributed by atoms with E-state index < -0.39 is 17.4 Å². The molecule has 3 N–H and O–H groups in total. The van der Waals surface area contributed by atoms with E-state index >= 15 is 0 Å². The number of hydrogen-bond donors (Lipinski definition) is 3. The molecule has 0 aliphatic carbocycles. The molecule has 2 aromatic heterocycles. The molecule has 0 atom stereocenters. The summed E-state index contributed by atoms with van der Waals surface area (Å²) in [5, 5.41) is 8.08. The van der Waals surface area contributed by atoms with Gasteiger partial charge in [0.2, 0.25) is 0 Å². The molecular formula is C18H9Cl3N4O3S. The Morgan fingerprint density at radius 2 is 1.69 bits per heavy atom. The Bertz CT molecular complexity index is 1370. The van der Waals surface area contributed by atoms with E-state index in [1.54, 1.807) is 30.3 Å². The third kappa shape index (κ3) is 3.56. The topological polar surface area (TPSA) is 104 Å². The van der Waals surface area contributed by atoms with Crippen LogP contribution in [0.4, 0.5) is 0 Å². The van der Waals surface area contributed by atoms with Gasteiger partial charge in [-0.1, -0.05) is 53.0 Å². The van der Waals surface area contributed by atoms with Crippen molar-refractivity contribution in [3.63, 3.8) is 0 Å². The maximum atomic E-state index is 12.5. The van der Waals surface area contributed by atoms with Gasteiger partial charge in [-0.3, -0.25) is 25.2 Å². The molecule has 7 nitrogen and oxygen atoms in total. The highest BCUT2D eigenvalue weighted by atomic mass is 35.5. The van der Waals surface area contributed by atoms with Crippen LogP contribution in [0.1, 0.15) is 20.2 Å². The fourth-order valence-corrected chi connectivity index (χ4v) is 5.05. The molecule has 0 saturated heterocycles. The Balaban J connectivity index is 1.59. The van der Waals surface area contributed by atoms with Crippen LogP contribution in [-0.4, -0.2) is 22.0 Å². The van der Waals surface area contributed by atoms with Crippen molar-refractivity contribution in [2.24, 2.45) is 0 Å². The van der Waals surface area contributed by atoms with Gasteiger partial charge in [0, 0.05) is 20.5 Å². The van der Waals surface area contributed by atoms with E-state index in [1.807, 2.05) is 0 Å². The molecule has 0 fully saturated rings. The third-order valence-corrected chi connectivity index (χ3v) is 6.20. The minimum absolute atomic E-state index is 0.0437. The normalized spacial score (nSPS) is 11.0. The number of fused-ring (bicyclic) bond motifs is 2. The summed E-state index contributed by atoms with van der Waals surface area (Å²) in [6.45, 7) is 0. The molecule has 29 heavy (non-hydrogen) atoms. The number of thiophene rings is 1. The highest BCUT2D eigenvalue weighted by molar-refractivity contribution is 7.21. The van der Waals surface area contributed by atoms with E-state index in [9.17, 15) is 14.4 Å². The van der Waals surface area contributed by atoms with Gasteiger partial charge in [0.25, 0.3) is 17.4 Å². The highest BCUT2D eigenvalue weighted by Gasteiger charge is 2.21. The summed E-state index contributed by atoms with van der Waals surface area (Å²) < 4.78 is 0.636. The van der Waals surface area contributed by atoms with E-state index in [-0.39, 0.29) is 15.6 Å². The Morgan fingerprint density at radius 3 is 2.45 bits per heavy atom. The molecule has 11 heteroatoms. The summed E-state index contributed by atoms with van der Waals surface area (Å²) in [6.07, 6.45) is 0. The van der Waals surface area contributed by atoms with Gasteiger partial charge >= 0.3 is 0 Å². The number of aromatic nitrogens is 2. The van der Waals surface area contributed by atoms with Crippen LogP contribution in [0.5, 0.6) is 0 Å². The van der Waals surface area contributed by atoms with E-state index in [4.69, 9.17) is 34.8 Å². The number of hydrazine groups is 1. The van der Waals surface area contributed by atoms with Crippen molar-refractivity contribution >= 4 is 78.8 Å². The van der Waals surface area contributed by atoms with Crippen molar-refractivity contribution in [2.75, 3.05) is 0 Å². The lowest BCUT2D eigenvalue weighted by Gasteiger charge is -2.07. The Labute approximate surface area is 181 Å². The molecule has 2 aromatic carbocycles. The fraction of sp³-hybridized carbons (Fsp3) is 0. The van der Waals surface area contributed by atoms with E-state index in [1.165, 1.54) is 6.07 Å². The predicted molar refractivity (Wildman–Crippen MR) is 114 cm³/mol. The summed E-state index contributed by atoms with van der Waals surface area (Å²) in [7, 11) is 0. The average molecular weight is 468 g/mol. The lowest BCUT2D eigenvalue weighted by molar-refractivity contribution is 0.0846. The number of aromatic amines is 1. The molecule has 4 rings (SSSR count). The van der Waals surface area contributed by atoms with E-state index in [0.717, 1.165) is 11.3 Å². The third-order valence-electron chi connectivity index (χ3n) is 4.06. The molecule has 0 unspecified atom stereocenters. The number of benzene rings is 2. The zero-order chi connectivity index (χ0) is 20.7. The summed E-state index contributed by atoms with van der Waals surface area (Å²) in [5.41, 5.74) is 4.10. The minimum Gasteiger partial charge on any atom is -0.267 e. The van der Waals surface area contributed by atoms with E-state index in [0.29, 0.717) is 30.9 Å². The highest BCUT2D eigenvalue weighted by Crippen LogP contribution is 2.41. The molecule has 0 bridgehead atoms. The summed E-state index contributed by atoms with van der Waals surface area (Å²) >= 11 is 19.5. The number of rotatable bonds is 2. The van der Waals surface area contributed by atoms with Crippen LogP contribution in [0.25, 0.3) is 20.9 Å². The predicted octanol–water partition coefficient (Wildman–Crippen LogP) is 4.17. The molecule has 0 saturated carbocycles. The Hall–Kier alpha value is -2.65. The lowest BCUT2D eigenvalue weighted by atomic mass is 10.1. The smallest absolute Gasteiger partial charge is 0.267 e. The van der Waals surface area contributed by atoms with Crippen molar-refractivity contribution in [2.45, 2.75) is 0 Å². The van der Waals surface area contributed by atoms with Crippen molar-refractivity contribution in [1.82, 2.24) is 21.0 Å². The molecule has 2 heterocycles. The molecule has 0 aliphatic heterocycles. The summed E-state index contributed by atoms with van der Waals surface area (Å²) in [4.78, 5) is 37.0. The molecule has 2 amide bonds. The molecule has 4 aromatic rings. The van der Waals surface area contributed by atoms with Crippen molar-refractivity contribution in [1.29, 1.82) is 0 Å². The van der Waals surface area contributed by atoms with E-state index in [2.05, 4.69) is 21.0 Å². The van der Waals surface area contributed by atoms with Crippen LogP contribution >= 0.6 is 46.1 Å². The second-order valence-electron chi connectivity index (χ2n) is 5.86. The molecule has 0 aliphatic rings. The maximum Gasteiger partial charge on any atom is 0.290 e. The molecule has 0 spiro atoms. The number of nitrogens with one attached hydrogen (secondary N) is 3. The van der Waals surface area contributed by atoms with Crippen molar-refractivity contribution < 1.29 is 9.59 Å². The number of hydrogen-bond acceptors (Lipinski definition) is 5. The Morgan fingerprint density at radius 1 is 1.00 bits per heavy atom. The monoisotopic (exact) mass is 466 g/mol. The van der Waals surface area contributed by atoms with Crippen LogP contribution in [0.3, 0.4) is 0 Å². The number of nitrogens with zero attached hydrogens (tertiary/aromatic N) is 1. The summed E-state index contributed by atoms with van der Waals surface area (Å²) in [6, 6.07) is 9.66. The molecular weight excluding hydrogens is 459 g/mol. The Kier molecular flexibility index (Phi) is 5.18. The summed E-state index contributed by atoms with van der Waals surface area (Å²) in [5.74, 6) is -1.34. The van der Waals surface area contributed by atoms with Crippen LogP contribution in [0.15, 0.2) is 41.2 Å². The van der Waals surface area contributed by atoms with Crippen molar-refractivity contribution in [3.8, 4) is 0 Å². The van der Waals surface area contributed by atoms with Crippen LogP contribution in [0, 0.1) is 0 Å². The first kappa shape index (κ1) is 19.7. The zero-order valence-electron chi connectivity index (χ0n) is 14.2. The number of carbonyl (C=O) groups excluding carboxylic acids is 2. The van der Waals surface area contributed by atoms with Gasteiger partial charge in [0.1, 0.15) is 4.88 Å². The molecule has 0 radical (unpaired) electrons. The van der Waals surface area contributed by atoms with Crippen LogP contribution < -0.4 is 16.4 Å². The standard InChI is InChI=1S/C18H9Cl3N4O3S/c19-7-5-10(20)12-11(6-7)29-15(13(12)21)18(28)25-24-17(27)14-8-3-1-2-4-9(8)16(26)23-22-14/h1-6H,(H,23,26)(H,24,27)(H,25,28). The van der Waals surface area contributed by atoms with Crippen LogP contribution in [0.2, 0.25) is 15.1 Å². The number of carbonyl (C=O) groups is 2. The first-order valence-corrected chi connectivity index (χ1v) is 9.97. The number of halogens is 3. The fourth-order valence-electron chi connectivity index (χ4n) is 2.78. The van der Waals surface area contributed by atoms with Gasteiger partial charge in [0.05, 0.1) is 15.4 Å². The van der Waals surface area contributed by atoms with Gasteiger partial charge in [-0.2, -0.15) is 5.10 Å². The quantitative estimate of drug-likeness (QED) is 0.385. The first-order chi connectivity index (χ1) is 13.9. The second-order valence-corrected chi connectivity index (χ2v) is 8.13. The van der Waals surface area contributed by atoms with Gasteiger partial charge < -0.3 is 0 Å². The largest absolute Gasteiger partial charge is 0.290 e. The van der Waals surface area contributed by atoms with Crippen molar-refractivity contribution in [3.05, 3.63) is 72.4 Å². The zero-order valence-corrected chi connectivity index (χ0v) is 17.3. The SMILES string of the molecule is O=C(NNC(=O)c1n[nH]c(=O)c2ccccc12)c1sc2cc(Cl)cc(Cl)c2c1Cl. The average Bonchev–Trinajstić information content (AvgIpc) is 3.03. The number of H-pyrrole nitrogens is 1. The van der Waals surface area contributed by atoms with Gasteiger partial charge in [0.15, 0.2) is 5.69 Å². The minimum atomic E-state index is -0.705. The second kappa shape index (κ2) is 7.64. The lowest BCUT2D eigenvalue weighted by Crippen LogP contribution is -2.42. The van der Waals surface area contributed by atoms with Gasteiger partial charge in [-0.05, 0) is 18.2 Å². The molecule has 146 valence electrons. The first-order valence-electron chi connectivity index (χ1n) is 8.02. The van der Waals surface area contributed by atoms with Gasteiger partial charge in [-0.25, -0.2) is 5.10 Å². The van der Waals surface area contributed by atoms with Crippen LogP contribution in [-0.2, 0) is 0 Å². The maximum absolute atomic E-state index is 12.5. The number of amides is 2.